The summed E-state index contributed by atoms with van der Waals surface area (Å²) in [4.78, 5) is 13.1. The van der Waals surface area contributed by atoms with Crippen LogP contribution in [-0.2, 0) is 11.3 Å². The Kier molecular flexibility index (Phi) is 3.72. The van der Waals surface area contributed by atoms with Crippen molar-refractivity contribution in [3.05, 3.63) is 29.8 Å². The topological polar surface area (TPSA) is 59.0 Å². The number of cyclic esters (lactones) is 1. The van der Waals surface area contributed by atoms with Crippen LogP contribution in [0.1, 0.15) is 12.5 Å². The van der Waals surface area contributed by atoms with Crippen molar-refractivity contribution in [3.63, 3.8) is 0 Å². The lowest BCUT2D eigenvalue weighted by Gasteiger charge is -2.23. The third kappa shape index (κ3) is 2.56. The Morgan fingerprint density at radius 3 is 2.72 bits per heavy atom. The fourth-order valence-electron chi connectivity index (χ4n) is 1.97. The summed E-state index contributed by atoms with van der Waals surface area (Å²) >= 11 is 0. The van der Waals surface area contributed by atoms with Crippen LogP contribution in [0.2, 0.25) is 0 Å². The van der Waals surface area contributed by atoms with Gasteiger partial charge in [0.25, 0.3) is 0 Å². The Morgan fingerprint density at radius 2 is 2.17 bits per heavy atom. The van der Waals surface area contributed by atoms with Crippen molar-refractivity contribution in [3.8, 4) is 5.75 Å². The zero-order valence-corrected chi connectivity index (χ0v) is 10.5. The van der Waals surface area contributed by atoms with Crippen molar-refractivity contribution >= 4 is 6.09 Å². The van der Waals surface area contributed by atoms with Crippen molar-refractivity contribution < 1.29 is 19.4 Å². The van der Waals surface area contributed by atoms with E-state index in [1.807, 2.05) is 24.3 Å². The van der Waals surface area contributed by atoms with E-state index in [0.29, 0.717) is 6.54 Å². The molecule has 1 saturated heterocycles. The molecule has 0 saturated carbocycles. The Hall–Kier alpha value is -1.75. The lowest BCUT2D eigenvalue weighted by atomic mass is 10.1. The molecule has 0 spiro atoms. The van der Waals surface area contributed by atoms with Gasteiger partial charge in [0.05, 0.1) is 19.3 Å². The summed E-state index contributed by atoms with van der Waals surface area (Å²) in [5, 5.41) is 9.61. The number of nitrogens with zero attached hydrogens (tertiary/aromatic N) is 1. The van der Waals surface area contributed by atoms with Gasteiger partial charge in [-0.1, -0.05) is 12.1 Å². The van der Waals surface area contributed by atoms with E-state index in [1.54, 1.807) is 18.9 Å². The number of hydrogen-bond donors (Lipinski definition) is 1. The van der Waals surface area contributed by atoms with E-state index >= 15 is 0 Å². The van der Waals surface area contributed by atoms with Gasteiger partial charge in [0.1, 0.15) is 12.4 Å². The Morgan fingerprint density at radius 1 is 1.50 bits per heavy atom. The molecule has 5 nitrogen and oxygen atoms in total. The third-order valence-corrected chi connectivity index (χ3v) is 3.08. The van der Waals surface area contributed by atoms with E-state index in [4.69, 9.17) is 9.47 Å². The van der Waals surface area contributed by atoms with Crippen molar-refractivity contribution in [2.75, 3.05) is 13.7 Å². The number of ether oxygens (including phenoxy) is 2. The number of aliphatic hydroxyl groups excluding tert-OH is 1. The second-order valence-corrected chi connectivity index (χ2v) is 4.36. The smallest absolute Gasteiger partial charge is 0.410 e. The molecule has 1 aromatic rings. The monoisotopic (exact) mass is 251 g/mol. The maximum atomic E-state index is 11.6. The van der Waals surface area contributed by atoms with Gasteiger partial charge in [0, 0.05) is 6.54 Å². The minimum atomic E-state index is -0.602. The second-order valence-electron chi connectivity index (χ2n) is 4.36. The fraction of sp³-hybridized carbons (Fsp3) is 0.462. The van der Waals surface area contributed by atoms with Gasteiger partial charge in [-0.25, -0.2) is 4.79 Å². The molecular formula is C13H17NO4. The van der Waals surface area contributed by atoms with Crippen LogP contribution in [0.4, 0.5) is 4.79 Å². The average Bonchev–Trinajstić information content (AvgIpc) is 2.72. The first-order valence-electron chi connectivity index (χ1n) is 5.86. The van der Waals surface area contributed by atoms with Crippen molar-refractivity contribution in [1.29, 1.82) is 0 Å². The van der Waals surface area contributed by atoms with Gasteiger partial charge in [-0.3, -0.25) is 4.90 Å². The molecule has 1 fully saturated rings. The predicted molar refractivity (Wildman–Crippen MR) is 65.4 cm³/mol. The van der Waals surface area contributed by atoms with Crippen molar-refractivity contribution in [2.24, 2.45) is 0 Å². The zero-order chi connectivity index (χ0) is 13.1. The molecule has 1 aliphatic heterocycles. The molecule has 0 radical (unpaired) electrons. The highest BCUT2D eigenvalue weighted by Gasteiger charge is 2.35. The Balaban J connectivity index is 2.08. The van der Waals surface area contributed by atoms with Crippen LogP contribution in [0.3, 0.4) is 0 Å². The van der Waals surface area contributed by atoms with E-state index in [0.717, 1.165) is 11.3 Å². The summed E-state index contributed by atoms with van der Waals surface area (Å²) in [6.07, 6.45) is -0.980. The fourth-order valence-corrected chi connectivity index (χ4v) is 1.97. The molecule has 18 heavy (non-hydrogen) atoms. The minimum Gasteiger partial charge on any atom is -0.497 e. The lowest BCUT2D eigenvalue weighted by Crippen LogP contribution is -2.40. The third-order valence-electron chi connectivity index (χ3n) is 3.08. The maximum absolute atomic E-state index is 11.6. The van der Waals surface area contributed by atoms with Gasteiger partial charge in [0.2, 0.25) is 0 Å². The molecule has 1 N–H and O–H groups in total. The van der Waals surface area contributed by atoms with Crippen LogP contribution < -0.4 is 4.74 Å². The minimum absolute atomic E-state index is 0.243. The van der Waals surface area contributed by atoms with E-state index in [-0.39, 0.29) is 18.7 Å². The van der Waals surface area contributed by atoms with Crippen LogP contribution in [0, 0.1) is 0 Å². The number of carbonyl (C=O) groups excluding carboxylic acids is 1. The molecule has 2 atom stereocenters. The number of methoxy groups -OCH3 is 1. The summed E-state index contributed by atoms with van der Waals surface area (Å²) in [6.45, 7) is 2.33. The van der Waals surface area contributed by atoms with Crippen LogP contribution >= 0.6 is 0 Å². The lowest BCUT2D eigenvalue weighted by molar-refractivity contribution is 0.0977. The first-order chi connectivity index (χ1) is 8.61. The quantitative estimate of drug-likeness (QED) is 0.878. The van der Waals surface area contributed by atoms with Crippen LogP contribution in [0.5, 0.6) is 5.75 Å². The molecule has 1 unspecified atom stereocenters. The largest absolute Gasteiger partial charge is 0.497 e. The number of rotatable bonds is 4. The van der Waals surface area contributed by atoms with E-state index in [9.17, 15) is 9.90 Å². The Labute approximate surface area is 106 Å². The molecule has 5 heteroatoms. The number of carbonyl (C=O) groups is 1. The molecule has 98 valence electrons. The number of benzene rings is 1. The van der Waals surface area contributed by atoms with Crippen molar-refractivity contribution in [2.45, 2.75) is 25.6 Å². The number of aliphatic hydroxyl groups is 1. The summed E-state index contributed by atoms with van der Waals surface area (Å²) in [5.74, 6) is 0.773. The molecule has 1 amide bonds. The highest BCUT2D eigenvalue weighted by molar-refractivity contribution is 5.70. The van der Waals surface area contributed by atoms with Gasteiger partial charge in [0.15, 0.2) is 0 Å². The van der Waals surface area contributed by atoms with Gasteiger partial charge < -0.3 is 14.6 Å². The molecule has 1 aliphatic rings. The first-order valence-corrected chi connectivity index (χ1v) is 5.86. The van der Waals surface area contributed by atoms with Gasteiger partial charge >= 0.3 is 6.09 Å². The molecule has 0 aliphatic carbocycles. The number of hydrogen-bond acceptors (Lipinski definition) is 4. The van der Waals surface area contributed by atoms with E-state index < -0.39 is 6.10 Å². The van der Waals surface area contributed by atoms with Gasteiger partial charge in [-0.2, -0.15) is 0 Å². The van der Waals surface area contributed by atoms with E-state index in [1.165, 1.54) is 0 Å². The molecular weight excluding hydrogens is 234 g/mol. The molecule has 0 aromatic heterocycles. The second kappa shape index (κ2) is 5.27. The summed E-state index contributed by atoms with van der Waals surface area (Å²) < 4.78 is 10.0. The van der Waals surface area contributed by atoms with Crippen LogP contribution in [0.15, 0.2) is 24.3 Å². The summed E-state index contributed by atoms with van der Waals surface area (Å²) in [5.41, 5.74) is 0.973. The molecule has 2 rings (SSSR count). The average molecular weight is 251 g/mol. The van der Waals surface area contributed by atoms with Crippen LogP contribution in [0.25, 0.3) is 0 Å². The van der Waals surface area contributed by atoms with Gasteiger partial charge in [-0.15, -0.1) is 0 Å². The normalized spacial score (nSPS) is 20.7. The van der Waals surface area contributed by atoms with E-state index in [2.05, 4.69) is 0 Å². The predicted octanol–water partition coefficient (Wildman–Crippen LogP) is 1.40. The Bertz CT molecular complexity index is 416. The van der Waals surface area contributed by atoms with Crippen LogP contribution in [-0.4, -0.2) is 42.0 Å². The summed E-state index contributed by atoms with van der Waals surface area (Å²) in [7, 11) is 1.61. The zero-order valence-electron chi connectivity index (χ0n) is 10.5. The molecule has 1 aromatic carbocycles. The van der Waals surface area contributed by atoms with Crippen molar-refractivity contribution in [1.82, 2.24) is 4.90 Å². The molecule has 1 heterocycles. The first kappa shape index (κ1) is 12.7. The SMILES string of the molecule is COc1ccc(CN2C(=O)OCC2[C@H](C)O)cc1. The van der Waals surface area contributed by atoms with Gasteiger partial charge in [-0.05, 0) is 24.6 Å². The number of amides is 1. The molecule has 0 bridgehead atoms. The highest BCUT2D eigenvalue weighted by atomic mass is 16.6. The standard InChI is InChI=1S/C13H17NO4/c1-9(15)12-8-18-13(16)14(12)7-10-3-5-11(17-2)6-4-10/h3-6,9,12,15H,7-8H2,1-2H3/t9-,12?/m0/s1. The summed E-state index contributed by atoms with van der Waals surface area (Å²) in [6, 6.07) is 7.19. The highest BCUT2D eigenvalue weighted by Crippen LogP contribution is 2.20. The maximum Gasteiger partial charge on any atom is 0.410 e.